The van der Waals surface area contributed by atoms with Crippen LogP contribution in [0.4, 0.5) is 0 Å². The number of benzene rings is 4. The van der Waals surface area contributed by atoms with Gasteiger partial charge < -0.3 is 0 Å². The quantitative estimate of drug-likeness (QED) is 0.208. The molecule has 2 nitrogen and oxygen atoms in total. The number of hydrogen-bond donors (Lipinski definition) is 0. The Bertz CT molecular complexity index is 1700. The zero-order valence-corrected chi connectivity index (χ0v) is 24.2. The van der Waals surface area contributed by atoms with E-state index in [1.165, 1.54) is 94.1 Å². The molecule has 0 amide bonds. The van der Waals surface area contributed by atoms with Gasteiger partial charge in [0.1, 0.15) is 11.4 Å². The molecule has 0 spiro atoms. The zero-order chi connectivity index (χ0) is 27.4. The molecule has 1 aromatic heterocycles. The van der Waals surface area contributed by atoms with Crippen molar-refractivity contribution in [1.29, 1.82) is 0 Å². The number of aromatic nitrogens is 2. The summed E-state index contributed by atoms with van der Waals surface area (Å²) >= 11 is 0. The van der Waals surface area contributed by atoms with Crippen LogP contribution in [0.15, 0.2) is 97.1 Å². The highest BCUT2D eigenvalue weighted by Crippen LogP contribution is 2.55. The predicted octanol–water partition coefficient (Wildman–Crippen LogP) is 8.88. The number of aryl methyl sites for hydroxylation is 3. The van der Waals surface area contributed by atoms with Crippen molar-refractivity contribution in [3.05, 3.63) is 136 Å². The number of imidazole rings is 1. The maximum absolute atomic E-state index is 2.66. The summed E-state index contributed by atoms with van der Waals surface area (Å²) in [6, 6.07) is 36.3. The van der Waals surface area contributed by atoms with Crippen molar-refractivity contribution in [3.8, 4) is 22.8 Å². The summed E-state index contributed by atoms with van der Waals surface area (Å²) in [5, 5.41) is 0. The minimum absolute atomic E-state index is 0.193. The lowest BCUT2D eigenvalue weighted by Crippen LogP contribution is -2.42. The van der Waals surface area contributed by atoms with Gasteiger partial charge in [-0.25, -0.2) is 0 Å². The van der Waals surface area contributed by atoms with Gasteiger partial charge in [0.05, 0.1) is 11.0 Å². The van der Waals surface area contributed by atoms with Crippen LogP contribution >= 0.6 is 0 Å². The Labute approximate surface area is 239 Å². The van der Waals surface area contributed by atoms with E-state index in [0.717, 1.165) is 0 Å². The van der Waals surface area contributed by atoms with Gasteiger partial charge in [0.15, 0.2) is 11.4 Å². The van der Waals surface area contributed by atoms with Gasteiger partial charge in [0.25, 0.3) is 5.82 Å². The number of para-hydroxylation sites is 2. The monoisotopic (exact) mass is 523 g/mol. The number of rotatable bonds is 4. The molecule has 1 aliphatic heterocycles. The van der Waals surface area contributed by atoms with Crippen LogP contribution in [0.25, 0.3) is 22.8 Å². The van der Waals surface area contributed by atoms with Gasteiger partial charge in [-0.2, -0.15) is 9.13 Å². The van der Waals surface area contributed by atoms with Crippen molar-refractivity contribution in [3.63, 3.8) is 0 Å². The summed E-state index contributed by atoms with van der Waals surface area (Å²) in [6.45, 7) is 9.17. The Morgan fingerprint density at radius 2 is 1.27 bits per heavy atom. The van der Waals surface area contributed by atoms with Crippen LogP contribution in [-0.4, -0.2) is 4.57 Å². The first kappa shape index (κ1) is 25.1. The maximum Gasteiger partial charge on any atom is 0.300 e. The van der Waals surface area contributed by atoms with Crippen molar-refractivity contribution >= 4 is 0 Å². The molecule has 7 rings (SSSR count). The summed E-state index contributed by atoms with van der Waals surface area (Å²) in [5.74, 6) is 1.83. The molecule has 2 aliphatic rings. The van der Waals surface area contributed by atoms with E-state index in [1.54, 1.807) is 0 Å². The Balaban J connectivity index is 1.70. The van der Waals surface area contributed by atoms with Gasteiger partial charge in [-0.3, -0.25) is 0 Å². The maximum atomic E-state index is 2.66. The molecule has 2 heteroatoms. The normalized spacial score (nSPS) is 18.5. The average molecular weight is 524 g/mol. The molecule has 1 saturated carbocycles. The second-order valence-electron chi connectivity index (χ2n) is 12.0. The van der Waals surface area contributed by atoms with Crippen molar-refractivity contribution in [2.24, 2.45) is 5.92 Å². The number of nitrogens with zero attached hydrogens (tertiary/aromatic N) is 2. The van der Waals surface area contributed by atoms with E-state index >= 15 is 0 Å². The molecule has 1 unspecified atom stereocenters. The van der Waals surface area contributed by atoms with E-state index in [9.17, 15) is 0 Å². The van der Waals surface area contributed by atoms with Crippen molar-refractivity contribution in [1.82, 2.24) is 4.57 Å². The van der Waals surface area contributed by atoms with Crippen LogP contribution in [0, 0.1) is 33.6 Å². The SMILES string of the molecule is Cc1ccccc1-n1c(C)c2[n+](c1-c1c(C)cccc1C)-c1ccccc1C2(c1ccccc1)C1CCCCC1. The van der Waals surface area contributed by atoms with Gasteiger partial charge in [-0.15, -0.1) is 0 Å². The van der Waals surface area contributed by atoms with Crippen molar-refractivity contribution < 1.29 is 4.57 Å². The molecule has 0 N–H and O–H groups in total. The van der Waals surface area contributed by atoms with E-state index in [4.69, 9.17) is 0 Å². The highest BCUT2D eigenvalue weighted by molar-refractivity contribution is 5.70. The number of fused-ring (bicyclic) bond motifs is 3. The third-order valence-corrected chi connectivity index (χ3v) is 9.78. The molecular formula is C38H39N2+. The molecule has 2 heterocycles. The molecule has 0 bridgehead atoms. The minimum Gasteiger partial charge on any atom is -0.192 e. The topological polar surface area (TPSA) is 8.81 Å². The van der Waals surface area contributed by atoms with Crippen LogP contribution in [0.1, 0.15) is 71.3 Å². The first-order valence-electron chi connectivity index (χ1n) is 15.0. The lowest BCUT2D eigenvalue weighted by molar-refractivity contribution is -0.587. The summed E-state index contributed by atoms with van der Waals surface area (Å²) in [4.78, 5) is 0. The molecule has 4 aromatic carbocycles. The fourth-order valence-electron chi connectivity index (χ4n) is 8.14. The van der Waals surface area contributed by atoms with Gasteiger partial charge in [0.2, 0.25) is 0 Å². The Kier molecular flexibility index (Phi) is 6.04. The smallest absolute Gasteiger partial charge is 0.192 e. The first-order valence-corrected chi connectivity index (χ1v) is 15.0. The summed E-state index contributed by atoms with van der Waals surface area (Å²) < 4.78 is 5.24. The van der Waals surface area contributed by atoms with Crippen LogP contribution < -0.4 is 4.57 Å². The van der Waals surface area contributed by atoms with Gasteiger partial charge >= 0.3 is 0 Å². The summed E-state index contributed by atoms with van der Waals surface area (Å²) in [6.07, 6.45) is 6.49. The van der Waals surface area contributed by atoms with Crippen LogP contribution in [0.5, 0.6) is 0 Å². The Morgan fingerprint density at radius 1 is 0.650 bits per heavy atom. The van der Waals surface area contributed by atoms with E-state index in [2.05, 4.69) is 134 Å². The Hall–Kier alpha value is -3.91. The molecule has 1 atom stereocenters. The number of hydrogen-bond acceptors (Lipinski definition) is 0. The lowest BCUT2D eigenvalue weighted by Gasteiger charge is -2.39. The second-order valence-corrected chi connectivity index (χ2v) is 12.0. The largest absolute Gasteiger partial charge is 0.300 e. The molecule has 1 fully saturated rings. The average Bonchev–Trinajstić information content (AvgIpc) is 3.45. The van der Waals surface area contributed by atoms with Gasteiger partial charge in [0, 0.05) is 12.5 Å². The fourth-order valence-corrected chi connectivity index (χ4v) is 8.14. The van der Waals surface area contributed by atoms with Crippen LogP contribution in [0.3, 0.4) is 0 Å². The summed E-state index contributed by atoms with van der Waals surface area (Å²) in [7, 11) is 0. The van der Waals surface area contributed by atoms with Crippen molar-refractivity contribution in [2.75, 3.05) is 0 Å². The highest BCUT2D eigenvalue weighted by Gasteiger charge is 2.58. The molecule has 0 saturated heterocycles. The molecule has 40 heavy (non-hydrogen) atoms. The summed E-state index contributed by atoms with van der Waals surface area (Å²) in [5.41, 5.74) is 13.4. The minimum atomic E-state index is -0.193. The third kappa shape index (κ3) is 3.45. The zero-order valence-electron chi connectivity index (χ0n) is 24.2. The predicted molar refractivity (Wildman–Crippen MR) is 165 cm³/mol. The lowest BCUT2D eigenvalue weighted by atomic mass is 9.60. The van der Waals surface area contributed by atoms with E-state index < -0.39 is 0 Å². The van der Waals surface area contributed by atoms with E-state index in [1.807, 2.05) is 0 Å². The van der Waals surface area contributed by atoms with E-state index in [-0.39, 0.29) is 5.41 Å². The van der Waals surface area contributed by atoms with Crippen molar-refractivity contribution in [2.45, 2.75) is 65.2 Å². The van der Waals surface area contributed by atoms with E-state index in [0.29, 0.717) is 5.92 Å². The molecule has 0 radical (unpaired) electrons. The Morgan fingerprint density at radius 3 is 2.00 bits per heavy atom. The standard InChI is InChI=1S/C38H39N2/c1-26-16-11-13-24-33(26)39-29(4)36-38(30-19-7-5-8-20-30,31-21-9-6-10-22-31)32-23-12-14-25-34(32)40(36)37(39)35-27(2)17-15-18-28(35)3/h5,7-8,11-20,23-25,31H,6,9-10,21-22H2,1-4H3/q+1. The first-order chi connectivity index (χ1) is 19.5. The van der Waals surface area contributed by atoms with Gasteiger partial charge in [-0.1, -0.05) is 104 Å². The second kappa shape index (κ2) is 9.63. The molecule has 1 aliphatic carbocycles. The fraction of sp³-hybridized carbons (Fsp3) is 0.289. The molecular weight excluding hydrogens is 484 g/mol. The van der Waals surface area contributed by atoms with Crippen LogP contribution in [-0.2, 0) is 5.41 Å². The molecule has 200 valence electrons. The van der Waals surface area contributed by atoms with Crippen LogP contribution in [0.2, 0.25) is 0 Å². The molecule has 5 aromatic rings. The highest BCUT2D eigenvalue weighted by atomic mass is 15.2. The third-order valence-electron chi connectivity index (χ3n) is 9.78. The van der Waals surface area contributed by atoms with Gasteiger partial charge in [-0.05, 0) is 73.9 Å².